The quantitative estimate of drug-likeness (QED) is 0.761. The van der Waals surface area contributed by atoms with Crippen molar-refractivity contribution in [1.29, 1.82) is 0 Å². The molecule has 1 aliphatic rings. The van der Waals surface area contributed by atoms with Crippen LogP contribution in [0.3, 0.4) is 0 Å². The van der Waals surface area contributed by atoms with Crippen LogP contribution in [0.25, 0.3) is 0 Å². The van der Waals surface area contributed by atoms with Gasteiger partial charge in [0.1, 0.15) is 19.0 Å². The Hall–Kier alpha value is -2.78. The number of aryl methyl sites for hydroxylation is 1. The molecule has 2 N–H and O–H groups in total. The average molecular weight is 406 g/mol. The predicted octanol–water partition coefficient (Wildman–Crippen LogP) is 2.08. The molecule has 3 rings (SSSR count). The number of ether oxygens (including phenoxy) is 3. The first-order chi connectivity index (χ1) is 13.3. The molecule has 0 saturated heterocycles. The summed E-state index contributed by atoms with van der Waals surface area (Å²) in [6.07, 6.45) is 0. The Kier molecular flexibility index (Phi) is 5.76. The molecule has 0 bridgehead atoms. The van der Waals surface area contributed by atoms with E-state index in [1.165, 1.54) is 26.2 Å². The number of anilines is 1. The number of sulfonamides is 1. The van der Waals surface area contributed by atoms with Gasteiger partial charge in [0, 0.05) is 11.8 Å². The second-order valence-corrected chi connectivity index (χ2v) is 8.04. The Morgan fingerprint density at radius 3 is 2.50 bits per heavy atom. The smallest absolute Gasteiger partial charge is 0.242 e. The molecule has 1 heterocycles. The van der Waals surface area contributed by atoms with E-state index in [2.05, 4.69) is 10.0 Å². The monoisotopic (exact) mass is 406 g/mol. The maximum absolute atomic E-state index is 12.6. The summed E-state index contributed by atoms with van der Waals surface area (Å²) in [5.41, 5.74) is 1.17. The number of carbonyl (C=O) groups is 1. The lowest BCUT2D eigenvalue weighted by atomic mass is 10.2. The number of hydrogen-bond acceptors (Lipinski definition) is 6. The summed E-state index contributed by atoms with van der Waals surface area (Å²) in [5.74, 6) is 1.23. The fourth-order valence-electron chi connectivity index (χ4n) is 2.74. The topological polar surface area (TPSA) is 103 Å². The van der Waals surface area contributed by atoms with E-state index in [4.69, 9.17) is 14.2 Å². The largest absolute Gasteiger partial charge is 0.496 e. The first-order valence-electron chi connectivity index (χ1n) is 8.67. The van der Waals surface area contributed by atoms with Crippen molar-refractivity contribution < 1.29 is 27.4 Å². The molecule has 1 aliphatic heterocycles. The predicted molar refractivity (Wildman–Crippen MR) is 104 cm³/mol. The first kappa shape index (κ1) is 20.0. The highest BCUT2D eigenvalue weighted by molar-refractivity contribution is 7.89. The highest BCUT2D eigenvalue weighted by atomic mass is 32.2. The first-order valence-corrected chi connectivity index (χ1v) is 10.2. The molecule has 1 amide bonds. The molecule has 9 heteroatoms. The van der Waals surface area contributed by atoms with Gasteiger partial charge in [-0.05, 0) is 49.7 Å². The zero-order valence-electron chi connectivity index (χ0n) is 15.8. The van der Waals surface area contributed by atoms with Gasteiger partial charge in [-0.3, -0.25) is 4.79 Å². The van der Waals surface area contributed by atoms with Gasteiger partial charge in [0.05, 0.1) is 18.0 Å². The van der Waals surface area contributed by atoms with Crippen LogP contribution in [-0.2, 0) is 14.8 Å². The summed E-state index contributed by atoms with van der Waals surface area (Å²) >= 11 is 0. The molecule has 2 aromatic carbocycles. The highest BCUT2D eigenvalue weighted by Crippen LogP contribution is 2.32. The molecule has 1 atom stereocenters. The Morgan fingerprint density at radius 1 is 1.11 bits per heavy atom. The minimum Gasteiger partial charge on any atom is -0.496 e. The van der Waals surface area contributed by atoms with E-state index >= 15 is 0 Å². The van der Waals surface area contributed by atoms with E-state index in [1.807, 2.05) is 0 Å². The van der Waals surface area contributed by atoms with Crippen molar-refractivity contribution in [3.63, 3.8) is 0 Å². The summed E-state index contributed by atoms with van der Waals surface area (Å²) in [5, 5.41) is 2.67. The minimum atomic E-state index is -3.87. The number of carbonyl (C=O) groups excluding carboxylic acids is 1. The Labute approximate surface area is 163 Å². The molecule has 0 fully saturated rings. The molecule has 0 spiro atoms. The average Bonchev–Trinajstić information content (AvgIpc) is 2.67. The lowest BCUT2D eigenvalue weighted by Crippen LogP contribution is -2.41. The van der Waals surface area contributed by atoms with E-state index in [0.717, 1.165) is 0 Å². The molecule has 8 nitrogen and oxygen atoms in total. The molecule has 0 saturated carbocycles. The van der Waals surface area contributed by atoms with Crippen molar-refractivity contribution in [1.82, 2.24) is 4.72 Å². The molecular formula is C19H22N2O6S. The number of nitrogens with one attached hydrogen (secondary N) is 2. The van der Waals surface area contributed by atoms with Crippen LogP contribution >= 0.6 is 0 Å². The molecule has 28 heavy (non-hydrogen) atoms. The minimum absolute atomic E-state index is 0.0600. The Balaban J connectivity index is 1.68. The van der Waals surface area contributed by atoms with Gasteiger partial charge in [-0.25, -0.2) is 8.42 Å². The van der Waals surface area contributed by atoms with Crippen molar-refractivity contribution in [2.75, 3.05) is 25.6 Å². The zero-order chi connectivity index (χ0) is 20.3. The Bertz CT molecular complexity index is 990. The summed E-state index contributed by atoms with van der Waals surface area (Å²) < 4.78 is 43.6. The van der Waals surface area contributed by atoms with Crippen molar-refractivity contribution in [3.8, 4) is 17.2 Å². The Morgan fingerprint density at radius 2 is 1.82 bits per heavy atom. The summed E-state index contributed by atoms with van der Waals surface area (Å²) in [7, 11) is -2.36. The number of hydrogen-bond donors (Lipinski definition) is 2. The lowest BCUT2D eigenvalue weighted by molar-refractivity contribution is -0.117. The van der Waals surface area contributed by atoms with Crippen LogP contribution in [0.2, 0.25) is 0 Å². The second kappa shape index (κ2) is 8.07. The molecule has 2 aromatic rings. The van der Waals surface area contributed by atoms with Gasteiger partial charge in [-0.1, -0.05) is 0 Å². The summed E-state index contributed by atoms with van der Waals surface area (Å²) in [4.78, 5) is 12.5. The molecule has 0 radical (unpaired) electrons. The van der Waals surface area contributed by atoms with E-state index < -0.39 is 22.0 Å². The molecule has 0 unspecified atom stereocenters. The van der Waals surface area contributed by atoms with Gasteiger partial charge in [0.15, 0.2) is 11.5 Å². The van der Waals surface area contributed by atoms with Gasteiger partial charge in [-0.15, -0.1) is 0 Å². The van der Waals surface area contributed by atoms with Gasteiger partial charge >= 0.3 is 0 Å². The molecule has 0 aromatic heterocycles. The molecule has 0 aliphatic carbocycles. The summed E-state index contributed by atoms with van der Waals surface area (Å²) in [6.45, 7) is 4.13. The third-order valence-electron chi connectivity index (χ3n) is 4.21. The number of fused-ring (bicyclic) bond motifs is 1. The zero-order valence-corrected chi connectivity index (χ0v) is 16.6. The van der Waals surface area contributed by atoms with Crippen molar-refractivity contribution in [2.45, 2.75) is 24.8 Å². The maximum atomic E-state index is 12.6. The third-order valence-corrected chi connectivity index (χ3v) is 5.75. The van der Waals surface area contributed by atoms with E-state index in [1.54, 1.807) is 31.2 Å². The van der Waals surface area contributed by atoms with E-state index in [9.17, 15) is 13.2 Å². The van der Waals surface area contributed by atoms with Crippen LogP contribution in [0.1, 0.15) is 12.5 Å². The number of amides is 1. The fraction of sp³-hybridized carbons (Fsp3) is 0.316. The van der Waals surface area contributed by atoms with Crippen LogP contribution in [0, 0.1) is 6.92 Å². The van der Waals surface area contributed by atoms with E-state index in [0.29, 0.717) is 41.7 Å². The van der Waals surface area contributed by atoms with Crippen molar-refractivity contribution in [3.05, 3.63) is 42.0 Å². The second-order valence-electron chi connectivity index (χ2n) is 6.32. The van der Waals surface area contributed by atoms with E-state index in [-0.39, 0.29) is 4.90 Å². The lowest BCUT2D eigenvalue weighted by Gasteiger charge is -2.20. The van der Waals surface area contributed by atoms with Gasteiger partial charge in [0.25, 0.3) is 0 Å². The van der Waals surface area contributed by atoms with Crippen LogP contribution in [-0.4, -0.2) is 40.7 Å². The van der Waals surface area contributed by atoms with Crippen LogP contribution < -0.4 is 24.2 Å². The number of benzene rings is 2. The van der Waals surface area contributed by atoms with Crippen LogP contribution in [0.5, 0.6) is 17.2 Å². The van der Waals surface area contributed by atoms with Gasteiger partial charge in [0.2, 0.25) is 15.9 Å². The van der Waals surface area contributed by atoms with Crippen molar-refractivity contribution >= 4 is 21.6 Å². The highest BCUT2D eigenvalue weighted by Gasteiger charge is 2.23. The summed E-state index contributed by atoms with van der Waals surface area (Å²) in [6, 6.07) is 8.51. The standard InChI is InChI=1S/C19H22N2O6S/c1-12-10-15(5-7-16(12)25-3)28(23,24)21-13(2)19(22)20-14-4-6-17-18(11-14)27-9-8-26-17/h4-7,10-11,13,21H,8-9H2,1-3H3,(H,20,22)/t13-/m0/s1. The fourth-order valence-corrected chi connectivity index (χ4v) is 4.03. The maximum Gasteiger partial charge on any atom is 0.242 e. The SMILES string of the molecule is COc1ccc(S(=O)(=O)N[C@@H](C)C(=O)Nc2ccc3c(c2)OCCO3)cc1C. The number of methoxy groups -OCH3 is 1. The van der Waals surface area contributed by atoms with Crippen LogP contribution in [0.15, 0.2) is 41.3 Å². The molecule has 150 valence electrons. The van der Waals surface area contributed by atoms with Gasteiger partial charge < -0.3 is 19.5 Å². The van der Waals surface area contributed by atoms with Crippen LogP contribution in [0.4, 0.5) is 5.69 Å². The van der Waals surface area contributed by atoms with Crippen molar-refractivity contribution in [2.24, 2.45) is 0 Å². The third kappa shape index (κ3) is 4.37. The number of rotatable bonds is 6. The molecular weight excluding hydrogens is 384 g/mol. The normalized spacial score (nSPS) is 14.2. The van der Waals surface area contributed by atoms with Gasteiger partial charge in [-0.2, -0.15) is 4.72 Å².